The number of nitrogen functional groups attached to an aromatic ring is 1. The van der Waals surface area contributed by atoms with Crippen LogP contribution in [0.1, 0.15) is 6.42 Å². The van der Waals surface area contributed by atoms with Crippen LogP contribution in [-0.2, 0) is 19.6 Å². The molecule has 20 heavy (non-hydrogen) atoms. The molecule has 1 atom stereocenters. The van der Waals surface area contributed by atoms with Gasteiger partial charge < -0.3 is 10.5 Å². The largest absolute Gasteiger partial charge is 0.469 e. The highest BCUT2D eigenvalue weighted by Crippen LogP contribution is 2.27. The van der Waals surface area contributed by atoms with Gasteiger partial charge in [-0.3, -0.25) is 4.79 Å². The predicted molar refractivity (Wildman–Crippen MR) is 69.7 cm³/mol. The minimum absolute atomic E-state index is 0.00117. The maximum atomic E-state index is 13.7. The topological polar surface area (TPSA) is 89.7 Å². The van der Waals surface area contributed by atoms with Crippen molar-refractivity contribution in [3.63, 3.8) is 0 Å². The normalized spacial score (nSPS) is 20.0. The van der Waals surface area contributed by atoms with E-state index in [1.54, 1.807) is 0 Å². The second kappa shape index (κ2) is 5.37. The van der Waals surface area contributed by atoms with Gasteiger partial charge in [-0.2, -0.15) is 4.31 Å². The monoisotopic (exact) mass is 302 g/mol. The van der Waals surface area contributed by atoms with E-state index in [-0.39, 0.29) is 18.8 Å². The third-order valence-corrected chi connectivity index (χ3v) is 5.16. The smallest absolute Gasteiger partial charge is 0.310 e. The summed E-state index contributed by atoms with van der Waals surface area (Å²) >= 11 is 0. The number of ether oxygens (including phenoxy) is 1. The van der Waals surface area contributed by atoms with Crippen molar-refractivity contribution in [2.75, 3.05) is 25.9 Å². The molecule has 1 fully saturated rings. The Kier molecular flexibility index (Phi) is 3.96. The van der Waals surface area contributed by atoms with Crippen molar-refractivity contribution < 1.29 is 22.3 Å². The van der Waals surface area contributed by atoms with E-state index in [0.29, 0.717) is 6.42 Å². The van der Waals surface area contributed by atoms with Crippen LogP contribution in [0.4, 0.5) is 10.1 Å². The fraction of sp³-hybridized carbons (Fsp3) is 0.417. The highest BCUT2D eigenvalue weighted by atomic mass is 32.2. The van der Waals surface area contributed by atoms with Crippen molar-refractivity contribution in [1.29, 1.82) is 0 Å². The minimum atomic E-state index is -3.97. The van der Waals surface area contributed by atoms with Gasteiger partial charge in [-0.05, 0) is 24.6 Å². The van der Waals surface area contributed by atoms with Crippen LogP contribution in [-0.4, -0.2) is 38.9 Å². The molecule has 1 unspecified atom stereocenters. The molecule has 0 radical (unpaired) electrons. The Hall–Kier alpha value is -1.67. The first-order chi connectivity index (χ1) is 9.36. The van der Waals surface area contributed by atoms with E-state index in [4.69, 9.17) is 5.73 Å². The van der Waals surface area contributed by atoms with Gasteiger partial charge >= 0.3 is 5.97 Å². The summed E-state index contributed by atoms with van der Waals surface area (Å²) in [5, 5.41) is 0. The molecule has 1 aromatic rings. The summed E-state index contributed by atoms with van der Waals surface area (Å²) in [6.07, 6.45) is 0.364. The number of rotatable bonds is 3. The summed E-state index contributed by atoms with van der Waals surface area (Å²) in [5.74, 6) is -1.86. The Morgan fingerprint density at radius 1 is 1.50 bits per heavy atom. The third kappa shape index (κ3) is 2.61. The number of carbonyl (C=O) groups is 1. The molecular formula is C12H15FN2O4S. The number of sulfonamides is 1. The van der Waals surface area contributed by atoms with Gasteiger partial charge in [-0.15, -0.1) is 0 Å². The number of nitrogens with zero attached hydrogens (tertiary/aromatic N) is 1. The Balaban J connectivity index is 2.26. The predicted octanol–water partition coefficient (Wildman–Crippen LogP) is 0.591. The fourth-order valence-corrected chi connectivity index (χ4v) is 3.72. The first-order valence-electron chi connectivity index (χ1n) is 5.99. The SMILES string of the molecule is COC(=O)C1CCN(S(=O)(=O)c2ccc(N)cc2F)C1. The van der Waals surface area contributed by atoms with E-state index >= 15 is 0 Å². The molecule has 8 heteroatoms. The van der Waals surface area contributed by atoms with Crippen LogP contribution >= 0.6 is 0 Å². The quantitative estimate of drug-likeness (QED) is 0.652. The number of benzene rings is 1. The van der Waals surface area contributed by atoms with Gasteiger partial charge in [0.25, 0.3) is 0 Å². The van der Waals surface area contributed by atoms with Crippen LogP contribution in [0.2, 0.25) is 0 Å². The maximum absolute atomic E-state index is 13.7. The molecule has 1 heterocycles. The Morgan fingerprint density at radius 2 is 2.20 bits per heavy atom. The van der Waals surface area contributed by atoms with Gasteiger partial charge in [0.2, 0.25) is 10.0 Å². The molecule has 0 aromatic heterocycles. The summed E-state index contributed by atoms with van der Waals surface area (Å²) in [6.45, 7) is 0.157. The van der Waals surface area contributed by atoms with Crippen LogP contribution in [0, 0.1) is 11.7 Å². The molecule has 2 rings (SSSR count). The average Bonchev–Trinajstić information content (AvgIpc) is 2.87. The number of hydrogen-bond donors (Lipinski definition) is 1. The Morgan fingerprint density at radius 3 is 2.80 bits per heavy atom. The van der Waals surface area contributed by atoms with Gasteiger partial charge in [0, 0.05) is 18.8 Å². The van der Waals surface area contributed by atoms with Gasteiger partial charge in [-0.25, -0.2) is 12.8 Å². The first-order valence-corrected chi connectivity index (χ1v) is 7.43. The Bertz CT molecular complexity index is 632. The summed E-state index contributed by atoms with van der Waals surface area (Å²) < 4.78 is 44.1. The van der Waals surface area contributed by atoms with Crippen molar-refractivity contribution in [3.8, 4) is 0 Å². The van der Waals surface area contributed by atoms with Gasteiger partial charge in [0.05, 0.1) is 13.0 Å². The first kappa shape index (κ1) is 14.7. The standard InChI is InChI=1S/C12H15FN2O4S/c1-19-12(16)8-4-5-15(7-8)20(17,18)11-3-2-9(14)6-10(11)13/h2-3,6,8H,4-5,7,14H2,1H3. The molecule has 1 aliphatic heterocycles. The lowest BCUT2D eigenvalue weighted by Crippen LogP contribution is -2.31. The van der Waals surface area contributed by atoms with Crippen LogP contribution < -0.4 is 5.73 Å². The number of nitrogens with two attached hydrogens (primary N) is 1. The zero-order valence-corrected chi connectivity index (χ0v) is 11.7. The molecule has 0 bridgehead atoms. The third-order valence-electron chi connectivity index (χ3n) is 3.26. The van der Waals surface area contributed by atoms with E-state index in [2.05, 4.69) is 4.74 Å². The van der Waals surface area contributed by atoms with Crippen LogP contribution in [0.25, 0.3) is 0 Å². The van der Waals surface area contributed by atoms with Crippen LogP contribution in [0.5, 0.6) is 0 Å². The molecule has 1 aromatic carbocycles. The lowest BCUT2D eigenvalue weighted by Gasteiger charge is -2.16. The lowest BCUT2D eigenvalue weighted by molar-refractivity contribution is -0.144. The van der Waals surface area contributed by atoms with Crippen molar-refractivity contribution in [3.05, 3.63) is 24.0 Å². The van der Waals surface area contributed by atoms with E-state index < -0.39 is 32.6 Å². The number of hydrogen-bond acceptors (Lipinski definition) is 5. The zero-order valence-electron chi connectivity index (χ0n) is 10.9. The van der Waals surface area contributed by atoms with Crippen molar-refractivity contribution in [2.45, 2.75) is 11.3 Å². The molecule has 1 aliphatic rings. The summed E-state index contributed by atoms with van der Waals surface area (Å²) in [5.41, 5.74) is 5.54. The highest BCUT2D eigenvalue weighted by molar-refractivity contribution is 7.89. The van der Waals surface area contributed by atoms with Crippen molar-refractivity contribution in [1.82, 2.24) is 4.31 Å². The van der Waals surface area contributed by atoms with E-state index in [0.717, 1.165) is 16.4 Å². The summed E-state index contributed by atoms with van der Waals surface area (Å²) in [4.78, 5) is 11.0. The number of anilines is 1. The van der Waals surface area contributed by atoms with Gasteiger partial charge in [-0.1, -0.05) is 0 Å². The molecule has 0 amide bonds. The van der Waals surface area contributed by atoms with Gasteiger partial charge in [0.15, 0.2) is 0 Å². The van der Waals surface area contributed by atoms with E-state index in [9.17, 15) is 17.6 Å². The maximum Gasteiger partial charge on any atom is 0.310 e. The summed E-state index contributed by atoms with van der Waals surface area (Å²) in [7, 11) is -2.72. The van der Waals surface area contributed by atoms with Crippen molar-refractivity contribution in [2.24, 2.45) is 5.92 Å². The molecule has 0 saturated carbocycles. The molecule has 110 valence electrons. The molecule has 0 spiro atoms. The highest BCUT2D eigenvalue weighted by Gasteiger charge is 2.37. The average molecular weight is 302 g/mol. The lowest BCUT2D eigenvalue weighted by atomic mass is 10.1. The number of halogens is 1. The molecule has 1 saturated heterocycles. The second-order valence-electron chi connectivity index (χ2n) is 4.56. The number of esters is 1. The molecule has 2 N–H and O–H groups in total. The van der Waals surface area contributed by atoms with Crippen LogP contribution in [0.15, 0.2) is 23.1 Å². The molecule has 0 aliphatic carbocycles. The fourth-order valence-electron chi connectivity index (χ4n) is 2.17. The number of carbonyl (C=O) groups excluding carboxylic acids is 1. The van der Waals surface area contributed by atoms with Crippen LogP contribution in [0.3, 0.4) is 0 Å². The zero-order chi connectivity index (χ0) is 14.9. The van der Waals surface area contributed by atoms with Gasteiger partial charge in [0.1, 0.15) is 10.7 Å². The second-order valence-corrected chi connectivity index (χ2v) is 6.47. The van der Waals surface area contributed by atoms with Crippen molar-refractivity contribution >= 4 is 21.7 Å². The van der Waals surface area contributed by atoms with E-state index in [1.807, 2.05) is 0 Å². The molecular weight excluding hydrogens is 287 g/mol. The Labute approximate surface area is 116 Å². The van der Waals surface area contributed by atoms with E-state index in [1.165, 1.54) is 13.2 Å². The molecule has 6 nitrogen and oxygen atoms in total. The number of methoxy groups -OCH3 is 1. The minimum Gasteiger partial charge on any atom is -0.469 e. The summed E-state index contributed by atoms with van der Waals surface area (Å²) in [6, 6.07) is 3.41.